The molecule has 18 heteroatoms. The number of aliphatic hydroxyl groups excluding tert-OH is 2. The number of nitrogens with zero attached hydrogens (tertiary/aromatic N) is 1. The first-order valence-corrected chi connectivity index (χ1v) is 18.1. The van der Waals surface area contributed by atoms with Gasteiger partial charge in [0.1, 0.15) is 11.9 Å². The first-order chi connectivity index (χ1) is 16.2. The molecule has 0 aliphatic heterocycles. The van der Waals surface area contributed by atoms with Gasteiger partial charge >= 0.3 is 6.09 Å². The molecule has 194 valence electrons. The van der Waals surface area contributed by atoms with Gasteiger partial charge in [0.2, 0.25) is 6.40 Å². The summed E-state index contributed by atoms with van der Waals surface area (Å²) >= 11 is 11.6. The van der Waals surface area contributed by atoms with Crippen molar-refractivity contribution in [2.75, 3.05) is 68.1 Å². The van der Waals surface area contributed by atoms with Gasteiger partial charge in [-0.15, -0.1) is 82.3 Å². The molecular formula is C15H29N3O7S8. The summed E-state index contributed by atoms with van der Waals surface area (Å²) in [6.45, 7) is 0. The Morgan fingerprint density at radius 2 is 1.52 bits per heavy atom. The maximum Gasteiger partial charge on any atom is 0.408 e. The Hall–Kier alpha value is 0.890. The van der Waals surface area contributed by atoms with E-state index in [0.717, 1.165) is 16.6 Å². The third kappa shape index (κ3) is 29.0. The van der Waals surface area contributed by atoms with E-state index in [-0.39, 0.29) is 23.1 Å². The van der Waals surface area contributed by atoms with Gasteiger partial charge in [-0.05, 0) is 0 Å². The van der Waals surface area contributed by atoms with Crippen LogP contribution in [0.3, 0.4) is 0 Å². The Morgan fingerprint density at radius 1 is 0.818 bits per heavy atom. The van der Waals surface area contributed by atoms with E-state index >= 15 is 0 Å². The SMILES string of the molecule is O=C(NCSCCSCSC(=O)NCSC/N=C/OOCSCSCO)OCSCSCO. The van der Waals surface area contributed by atoms with E-state index in [4.69, 9.17) is 24.7 Å². The molecule has 0 aliphatic rings. The Balaban J connectivity index is 3.30. The van der Waals surface area contributed by atoms with Crippen LogP contribution in [0, 0.1) is 0 Å². The van der Waals surface area contributed by atoms with Crippen LogP contribution in [0.5, 0.6) is 0 Å². The van der Waals surface area contributed by atoms with Crippen LogP contribution in [0.4, 0.5) is 9.59 Å². The number of thioether (sulfide) groups is 8. The number of aliphatic imine (C=N–C) groups is 1. The Morgan fingerprint density at radius 3 is 2.27 bits per heavy atom. The van der Waals surface area contributed by atoms with Crippen molar-refractivity contribution in [2.45, 2.75) is 0 Å². The van der Waals surface area contributed by atoms with Crippen LogP contribution in [0.25, 0.3) is 0 Å². The molecule has 10 nitrogen and oxygen atoms in total. The number of nitrogens with one attached hydrogen (secondary N) is 2. The number of alkyl carbamates (subject to hydrolysis) is 1. The lowest BCUT2D eigenvalue weighted by atomic mass is 11.0. The summed E-state index contributed by atoms with van der Waals surface area (Å²) in [7, 11) is 0. The minimum absolute atomic E-state index is 0.0619. The second-order valence-electron chi connectivity index (χ2n) is 4.82. The summed E-state index contributed by atoms with van der Waals surface area (Å²) in [5, 5.41) is 24.6. The number of carbonyl (C=O) groups is 2. The van der Waals surface area contributed by atoms with Crippen molar-refractivity contribution in [3.8, 4) is 0 Å². The quantitative estimate of drug-likeness (QED) is 0.0329. The van der Waals surface area contributed by atoms with Gasteiger partial charge in [0.25, 0.3) is 5.24 Å². The third-order valence-corrected chi connectivity index (χ3v) is 9.95. The molecule has 0 saturated heterocycles. The summed E-state index contributed by atoms with van der Waals surface area (Å²) in [4.78, 5) is 36.7. The summed E-state index contributed by atoms with van der Waals surface area (Å²) in [5.74, 6) is 3.88. The van der Waals surface area contributed by atoms with Gasteiger partial charge in [-0.1, -0.05) is 11.8 Å². The maximum atomic E-state index is 11.7. The fraction of sp³-hybridized carbons (Fsp3) is 0.800. The minimum Gasteiger partial charge on any atom is -0.438 e. The molecule has 0 aromatic heterocycles. The summed E-state index contributed by atoms with van der Waals surface area (Å²) in [6.07, 6.45) is 0.771. The smallest absolute Gasteiger partial charge is 0.408 e. The summed E-state index contributed by atoms with van der Waals surface area (Å²) in [5.41, 5.74) is 0. The second kappa shape index (κ2) is 29.1. The first-order valence-electron chi connectivity index (χ1n) is 9.04. The van der Waals surface area contributed by atoms with Gasteiger partial charge in [-0.2, -0.15) is 4.89 Å². The topological polar surface area (TPSA) is 139 Å². The first kappa shape index (κ1) is 33.9. The second-order valence-corrected chi connectivity index (χ2v) is 13.8. The molecule has 0 saturated carbocycles. The lowest BCUT2D eigenvalue weighted by Gasteiger charge is -2.06. The number of aliphatic hydroxyl groups is 2. The third-order valence-electron chi connectivity index (χ3n) is 2.55. The van der Waals surface area contributed by atoms with E-state index < -0.39 is 6.09 Å². The lowest BCUT2D eigenvalue weighted by Crippen LogP contribution is -2.24. The molecular weight excluding hydrogens is 591 g/mol. The van der Waals surface area contributed by atoms with E-state index in [2.05, 4.69) is 15.6 Å². The molecule has 0 unspecified atom stereocenters. The number of carbonyl (C=O) groups excluding carboxylic acids is 2. The van der Waals surface area contributed by atoms with Gasteiger partial charge in [0.05, 0.1) is 29.5 Å². The van der Waals surface area contributed by atoms with Crippen LogP contribution in [0.1, 0.15) is 0 Å². The molecule has 0 aromatic carbocycles. The van der Waals surface area contributed by atoms with E-state index in [0.29, 0.717) is 33.7 Å². The molecule has 4 N–H and O–H groups in total. The van der Waals surface area contributed by atoms with Crippen LogP contribution >= 0.6 is 94.1 Å². The van der Waals surface area contributed by atoms with Gasteiger partial charge in [0.15, 0.2) is 0 Å². The predicted octanol–water partition coefficient (Wildman–Crippen LogP) is 3.82. The van der Waals surface area contributed by atoms with Crippen molar-refractivity contribution >= 4 is 112 Å². The van der Waals surface area contributed by atoms with Crippen molar-refractivity contribution in [2.24, 2.45) is 4.99 Å². The monoisotopic (exact) mass is 619 g/mol. The molecule has 0 spiro atoms. The van der Waals surface area contributed by atoms with Crippen LogP contribution in [-0.4, -0.2) is 96.1 Å². The fourth-order valence-electron chi connectivity index (χ4n) is 1.27. The average molecular weight is 620 g/mol. The lowest BCUT2D eigenvalue weighted by molar-refractivity contribution is -0.196. The van der Waals surface area contributed by atoms with Crippen LogP contribution in [0.15, 0.2) is 4.99 Å². The standard InChI is InChI=1S/C15H29N3O7S8/c19-7-29-11-31-9-23-14(21)17-5-26-1-2-27-13-33-15(22)18-6-28-4-16-3-24-25-10-32-12-30-8-20/h3,19-20H,1-2,4-13H2,(H,17,21)(H,18,22)/b16-3+. The van der Waals surface area contributed by atoms with Gasteiger partial charge in [-0.25, -0.2) is 9.79 Å². The van der Waals surface area contributed by atoms with Crippen LogP contribution < -0.4 is 10.6 Å². The van der Waals surface area contributed by atoms with E-state index in [1.54, 1.807) is 23.5 Å². The number of amides is 2. The largest absolute Gasteiger partial charge is 0.438 e. The van der Waals surface area contributed by atoms with Crippen molar-refractivity contribution < 1.29 is 34.3 Å². The average Bonchev–Trinajstić information content (AvgIpc) is 2.81. The maximum absolute atomic E-state index is 11.7. The zero-order valence-electron chi connectivity index (χ0n) is 17.7. The molecule has 0 aromatic rings. The van der Waals surface area contributed by atoms with Crippen LogP contribution in [0.2, 0.25) is 0 Å². The van der Waals surface area contributed by atoms with Gasteiger partial charge in [0, 0.05) is 26.8 Å². The van der Waals surface area contributed by atoms with E-state index in [9.17, 15) is 9.59 Å². The number of ether oxygens (including phenoxy) is 1. The highest BCUT2D eigenvalue weighted by Gasteiger charge is 2.03. The number of rotatable bonds is 23. The molecule has 0 heterocycles. The normalized spacial score (nSPS) is 11.0. The summed E-state index contributed by atoms with van der Waals surface area (Å²) < 4.78 is 4.97. The van der Waals surface area contributed by atoms with E-state index in [1.807, 2.05) is 0 Å². The molecule has 0 bridgehead atoms. The number of hydrogen-bond acceptors (Lipinski definition) is 16. The zero-order valence-corrected chi connectivity index (χ0v) is 24.2. The molecule has 0 radical (unpaired) electrons. The summed E-state index contributed by atoms with van der Waals surface area (Å²) in [6, 6.07) is 0. The Bertz CT molecular complexity index is 500. The minimum atomic E-state index is -0.447. The predicted molar refractivity (Wildman–Crippen MR) is 152 cm³/mol. The Kier molecular flexibility index (Phi) is 29.9. The van der Waals surface area contributed by atoms with Crippen LogP contribution in [-0.2, 0) is 14.5 Å². The highest BCUT2D eigenvalue weighted by Crippen LogP contribution is 2.15. The zero-order chi connectivity index (χ0) is 24.2. The number of hydrogen-bond donors (Lipinski definition) is 4. The van der Waals surface area contributed by atoms with E-state index in [1.165, 1.54) is 77.0 Å². The molecule has 0 fully saturated rings. The molecule has 2 amide bonds. The molecule has 0 aliphatic carbocycles. The molecule has 0 rings (SSSR count). The Labute approximate surface area is 228 Å². The molecule has 33 heavy (non-hydrogen) atoms. The molecule has 0 atom stereocenters. The van der Waals surface area contributed by atoms with Crippen molar-refractivity contribution in [1.82, 2.24) is 10.6 Å². The van der Waals surface area contributed by atoms with Crippen molar-refractivity contribution in [1.29, 1.82) is 0 Å². The van der Waals surface area contributed by atoms with Crippen molar-refractivity contribution in [3.05, 3.63) is 0 Å². The van der Waals surface area contributed by atoms with Gasteiger partial charge < -0.3 is 30.5 Å². The highest BCUT2D eigenvalue weighted by molar-refractivity contribution is 8.24. The van der Waals surface area contributed by atoms with Gasteiger partial charge in [-0.3, -0.25) is 4.79 Å². The van der Waals surface area contributed by atoms with Crippen molar-refractivity contribution in [3.63, 3.8) is 0 Å². The fourth-order valence-corrected chi connectivity index (χ4v) is 6.97. The highest BCUT2D eigenvalue weighted by atomic mass is 32.2.